The van der Waals surface area contributed by atoms with E-state index in [1.165, 1.54) is 44.0 Å². The summed E-state index contributed by atoms with van der Waals surface area (Å²) in [6, 6.07) is 12.2. The first-order valence-corrected chi connectivity index (χ1v) is 13.9. The van der Waals surface area contributed by atoms with Crippen molar-refractivity contribution in [2.75, 3.05) is 11.9 Å². The number of hydrogen-bond donors (Lipinski definition) is 1. The highest BCUT2D eigenvalue weighted by molar-refractivity contribution is 7.15. The number of nitrogens with zero attached hydrogens (tertiary/aromatic N) is 2. The summed E-state index contributed by atoms with van der Waals surface area (Å²) >= 11 is 7.18. The number of nitriles is 1. The van der Waals surface area contributed by atoms with Gasteiger partial charge in [0.15, 0.2) is 5.13 Å². The molecule has 3 aromatic rings. The van der Waals surface area contributed by atoms with E-state index < -0.39 is 17.6 Å². The summed E-state index contributed by atoms with van der Waals surface area (Å²) in [4.78, 5) is 17.4. The van der Waals surface area contributed by atoms with Gasteiger partial charge in [-0.25, -0.2) is 4.98 Å². The summed E-state index contributed by atoms with van der Waals surface area (Å²) in [5.74, 6) is 0.0822. The molecule has 0 saturated heterocycles. The third-order valence-electron chi connectivity index (χ3n) is 5.83. The summed E-state index contributed by atoms with van der Waals surface area (Å²) in [5.41, 5.74) is 0.0484. The van der Waals surface area contributed by atoms with Gasteiger partial charge in [-0.1, -0.05) is 62.8 Å². The van der Waals surface area contributed by atoms with Crippen molar-refractivity contribution in [2.24, 2.45) is 0 Å². The van der Waals surface area contributed by atoms with E-state index in [9.17, 15) is 23.2 Å². The minimum Gasteiger partial charge on any atom is -0.494 e. The molecule has 0 spiro atoms. The molecule has 0 saturated carbocycles. The molecule has 1 aromatic heterocycles. The highest BCUT2D eigenvalue weighted by atomic mass is 35.5. The summed E-state index contributed by atoms with van der Waals surface area (Å²) in [5, 5.41) is 12.5. The number of rotatable bonds is 13. The van der Waals surface area contributed by atoms with Crippen molar-refractivity contribution in [3.8, 4) is 11.8 Å². The standard InChI is InChI=1S/C29H29ClF3N3O2S/c1-2-3-4-5-6-7-14-38-24-11-8-20(9-12-24)15-22(18-34)27(37)36-28-35-19-25(39-28)17-21-16-23(29(31,32)33)10-13-26(21)30/h8-13,15-16,19H,2-7,14,17H2,1H3,(H,35,36,37). The second kappa shape index (κ2) is 14.7. The molecule has 0 aliphatic heterocycles. The Morgan fingerprint density at radius 1 is 1.13 bits per heavy atom. The third kappa shape index (κ3) is 9.72. The first-order chi connectivity index (χ1) is 18.7. The fourth-order valence-corrected chi connectivity index (χ4v) is 4.75. The van der Waals surface area contributed by atoms with Crippen LogP contribution in [0.4, 0.5) is 18.3 Å². The van der Waals surface area contributed by atoms with Crippen molar-refractivity contribution < 1.29 is 22.7 Å². The quantitative estimate of drug-likeness (QED) is 0.126. The Morgan fingerprint density at radius 2 is 1.85 bits per heavy atom. The van der Waals surface area contributed by atoms with Gasteiger partial charge < -0.3 is 4.74 Å². The van der Waals surface area contributed by atoms with E-state index in [0.29, 0.717) is 22.6 Å². The molecule has 5 nitrogen and oxygen atoms in total. The number of aromatic nitrogens is 1. The second-order valence-corrected chi connectivity index (χ2v) is 10.4. The van der Waals surface area contributed by atoms with E-state index in [2.05, 4.69) is 17.2 Å². The Bertz CT molecular complexity index is 1310. The van der Waals surface area contributed by atoms with Crippen molar-refractivity contribution in [1.82, 2.24) is 4.98 Å². The van der Waals surface area contributed by atoms with Crippen LogP contribution in [-0.4, -0.2) is 17.5 Å². The summed E-state index contributed by atoms with van der Waals surface area (Å²) < 4.78 is 44.9. The predicted octanol–water partition coefficient (Wildman–Crippen LogP) is 8.69. The van der Waals surface area contributed by atoms with Crippen LogP contribution < -0.4 is 10.1 Å². The molecular weight excluding hydrogens is 547 g/mol. The number of benzene rings is 2. The number of alkyl halides is 3. The van der Waals surface area contributed by atoms with Crippen molar-refractivity contribution in [1.29, 1.82) is 5.26 Å². The van der Waals surface area contributed by atoms with Crippen LogP contribution in [0, 0.1) is 11.3 Å². The normalized spacial score (nSPS) is 11.7. The van der Waals surface area contributed by atoms with Crippen molar-refractivity contribution in [3.63, 3.8) is 0 Å². The number of unbranched alkanes of at least 4 members (excludes halogenated alkanes) is 5. The maximum atomic E-state index is 13.0. The summed E-state index contributed by atoms with van der Waals surface area (Å²) in [6.07, 6.45) is 5.65. The Morgan fingerprint density at radius 3 is 2.54 bits per heavy atom. The average molecular weight is 576 g/mol. The van der Waals surface area contributed by atoms with E-state index in [1.807, 2.05) is 6.07 Å². The zero-order valence-corrected chi connectivity index (χ0v) is 23.1. The Kier molecular flexibility index (Phi) is 11.4. The number of carbonyl (C=O) groups excluding carboxylic acids is 1. The predicted molar refractivity (Wildman–Crippen MR) is 149 cm³/mol. The first kappa shape index (κ1) is 30.2. The Labute approximate surface area is 235 Å². The molecule has 0 fully saturated rings. The molecule has 206 valence electrons. The van der Waals surface area contributed by atoms with Crippen LogP contribution in [0.2, 0.25) is 5.02 Å². The van der Waals surface area contributed by atoms with Gasteiger partial charge in [-0.05, 0) is 54.0 Å². The van der Waals surface area contributed by atoms with Crippen LogP contribution in [0.5, 0.6) is 5.75 Å². The third-order valence-corrected chi connectivity index (χ3v) is 7.12. The molecule has 1 heterocycles. The number of ether oxygens (including phenoxy) is 1. The van der Waals surface area contributed by atoms with Crippen molar-refractivity contribution in [2.45, 2.75) is 58.0 Å². The van der Waals surface area contributed by atoms with Gasteiger partial charge in [0.05, 0.1) is 12.2 Å². The topological polar surface area (TPSA) is 75.0 Å². The molecule has 0 bridgehead atoms. The zero-order chi connectivity index (χ0) is 28.3. The minimum absolute atomic E-state index is 0.116. The largest absolute Gasteiger partial charge is 0.494 e. The zero-order valence-electron chi connectivity index (χ0n) is 21.5. The second-order valence-electron chi connectivity index (χ2n) is 8.92. The van der Waals surface area contributed by atoms with Gasteiger partial charge in [0.25, 0.3) is 5.91 Å². The lowest BCUT2D eigenvalue weighted by Crippen LogP contribution is -2.13. The molecule has 3 rings (SSSR count). The number of amides is 1. The lowest BCUT2D eigenvalue weighted by molar-refractivity contribution is -0.137. The number of thiazole rings is 1. The van der Waals surface area contributed by atoms with Crippen LogP contribution >= 0.6 is 22.9 Å². The maximum Gasteiger partial charge on any atom is 0.416 e. The lowest BCUT2D eigenvalue weighted by Gasteiger charge is -2.09. The van der Waals surface area contributed by atoms with Gasteiger partial charge in [-0.2, -0.15) is 18.4 Å². The van der Waals surface area contributed by atoms with Crippen LogP contribution in [0.1, 0.15) is 67.0 Å². The molecule has 2 aromatic carbocycles. The van der Waals surface area contributed by atoms with Crippen LogP contribution in [0.3, 0.4) is 0 Å². The molecule has 0 atom stereocenters. The number of halogens is 4. The molecule has 0 aliphatic rings. The van der Waals surface area contributed by atoms with Crippen LogP contribution in [-0.2, 0) is 17.4 Å². The van der Waals surface area contributed by atoms with Gasteiger partial charge in [-0.3, -0.25) is 10.1 Å². The van der Waals surface area contributed by atoms with E-state index in [4.69, 9.17) is 16.3 Å². The molecule has 1 N–H and O–H groups in total. The summed E-state index contributed by atoms with van der Waals surface area (Å²) in [7, 11) is 0. The molecule has 0 unspecified atom stereocenters. The fourth-order valence-electron chi connectivity index (χ4n) is 3.73. The smallest absolute Gasteiger partial charge is 0.416 e. The van der Waals surface area contributed by atoms with Crippen LogP contribution in [0.15, 0.2) is 54.2 Å². The van der Waals surface area contributed by atoms with Crippen molar-refractivity contribution in [3.05, 3.63) is 80.8 Å². The maximum absolute atomic E-state index is 13.0. The first-order valence-electron chi connectivity index (χ1n) is 12.7. The minimum atomic E-state index is -4.48. The molecule has 1 amide bonds. The molecular formula is C29H29ClF3N3O2S. The number of nitrogens with one attached hydrogen (secondary N) is 1. The van der Waals surface area contributed by atoms with Gasteiger partial charge in [0, 0.05) is 22.5 Å². The molecule has 0 radical (unpaired) electrons. The van der Waals surface area contributed by atoms with Crippen molar-refractivity contribution >= 4 is 40.1 Å². The van der Waals surface area contributed by atoms with E-state index >= 15 is 0 Å². The number of hydrogen-bond acceptors (Lipinski definition) is 5. The van der Waals surface area contributed by atoms with Crippen LogP contribution in [0.25, 0.3) is 6.08 Å². The van der Waals surface area contributed by atoms with E-state index in [-0.39, 0.29) is 22.1 Å². The molecule has 0 aliphatic carbocycles. The van der Waals surface area contributed by atoms with E-state index in [1.54, 1.807) is 24.3 Å². The Balaban J connectivity index is 1.55. The molecule has 39 heavy (non-hydrogen) atoms. The SMILES string of the molecule is CCCCCCCCOc1ccc(C=C(C#N)C(=O)Nc2ncc(Cc3cc(C(F)(F)F)ccc3Cl)s2)cc1. The lowest BCUT2D eigenvalue weighted by atomic mass is 10.1. The number of anilines is 1. The summed E-state index contributed by atoms with van der Waals surface area (Å²) in [6.45, 7) is 2.83. The van der Waals surface area contributed by atoms with Gasteiger partial charge >= 0.3 is 6.18 Å². The van der Waals surface area contributed by atoms with Gasteiger partial charge in [0.2, 0.25) is 0 Å². The number of carbonyl (C=O) groups is 1. The van der Waals surface area contributed by atoms with Gasteiger partial charge in [0.1, 0.15) is 17.4 Å². The van der Waals surface area contributed by atoms with Gasteiger partial charge in [-0.15, -0.1) is 11.3 Å². The fraction of sp³-hybridized carbons (Fsp3) is 0.345. The molecule has 10 heteroatoms. The highest BCUT2D eigenvalue weighted by Gasteiger charge is 2.31. The van der Waals surface area contributed by atoms with E-state index in [0.717, 1.165) is 42.1 Å². The Hall–Kier alpha value is -3.35. The highest BCUT2D eigenvalue weighted by Crippen LogP contribution is 2.33. The monoisotopic (exact) mass is 575 g/mol. The average Bonchev–Trinajstić information content (AvgIpc) is 3.34.